The van der Waals surface area contributed by atoms with Gasteiger partial charge in [-0.3, -0.25) is 4.79 Å². The van der Waals surface area contributed by atoms with Crippen LogP contribution in [-0.2, 0) is 10.0 Å². The van der Waals surface area contributed by atoms with Gasteiger partial charge in [-0.1, -0.05) is 6.07 Å². The normalized spacial score (nSPS) is 12.2. The van der Waals surface area contributed by atoms with Crippen molar-refractivity contribution in [2.75, 3.05) is 13.6 Å². The Balaban J connectivity index is 0.00000484. The molecule has 3 N–H and O–H groups in total. The Bertz CT molecular complexity index is 640. The monoisotopic (exact) mass is 363 g/mol. The fraction of sp³-hybridized carbons (Fsp3) is 0.533. The van der Waals surface area contributed by atoms with E-state index in [1.54, 1.807) is 39.8 Å². The van der Waals surface area contributed by atoms with Crippen LogP contribution in [0.2, 0.25) is 0 Å². The van der Waals surface area contributed by atoms with Crippen molar-refractivity contribution < 1.29 is 13.2 Å². The Morgan fingerprint density at radius 2 is 1.91 bits per heavy atom. The molecule has 23 heavy (non-hydrogen) atoms. The van der Waals surface area contributed by atoms with Crippen LogP contribution in [0.3, 0.4) is 0 Å². The van der Waals surface area contributed by atoms with Crippen LogP contribution in [0.25, 0.3) is 0 Å². The standard InChI is InChI=1S/C15H25N3O3S.ClH/c1-11(2)18(5)22(20,21)13-8-6-7-12(9-13)14(19)17-10-15(3,4)16;/h6-9,11H,10,16H2,1-5H3,(H,17,19);1H. The van der Waals surface area contributed by atoms with Crippen LogP contribution >= 0.6 is 12.4 Å². The van der Waals surface area contributed by atoms with E-state index in [0.29, 0.717) is 12.1 Å². The van der Waals surface area contributed by atoms with Crippen molar-refractivity contribution in [1.82, 2.24) is 9.62 Å². The molecule has 1 aromatic rings. The highest BCUT2D eigenvalue weighted by molar-refractivity contribution is 7.89. The largest absolute Gasteiger partial charge is 0.350 e. The van der Waals surface area contributed by atoms with E-state index >= 15 is 0 Å². The number of amides is 1. The zero-order chi connectivity index (χ0) is 17.1. The maximum absolute atomic E-state index is 12.4. The Hall–Kier alpha value is -1.15. The average molecular weight is 364 g/mol. The summed E-state index contributed by atoms with van der Waals surface area (Å²) in [6.07, 6.45) is 0. The molecule has 0 atom stereocenters. The first-order valence-corrected chi connectivity index (χ1v) is 8.54. The van der Waals surface area contributed by atoms with Crippen molar-refractivity contribution in [3.8, 4) is 0 Å². The van der Waals surface area contributed by atoms with E-state index in [1.807, 2.05) is 0 Å². The highest BCUT2D eigenvalue weighted by atomic mass is 35.5. The predicted molar refractivity (Wildman–Crippen MR) is 94.4 cm³/mol. The summed E-state index contributed by atoms with van der Waals surface area (Å²) in [7, 11) is -2.09. The first kappa shape index (κ1) is 21.9. The van der Waals surface area contributed by atoms with E-state index < -0.39 is 15.6 Å². The third-order valence-corrected chi connectivity index (χ3v) is 5.23. The maximum Gasteiger partial charge on any atom is 0.251 e. The molecule has 0 unspecified atom stereocenters. The number of carbonyl (C=O) groups is 1. The van der Waals surface area contributed by atoms with Gasteiger partial charge < -0.3 is 11.1 Å². The quantitative estimate of drug-likeness (QED) is 0.802. The van der Waals surface area contributed by atoms with Gasteiger partial charge in [0, 0.05) is 30.7 Å². The van der Waals surface area contributed by atoms with Crippen molar-refractivity contribution in [3.05, 3.63) is 29.8 Å². The second-order valence-corrected chi connectivity index (χ2v) is 8.31. The third kappa shape index (κ3) is 6.10. The maximum atomic E-state index is 12.4. The lowest BCUT2D eigenvalue weighted by Gasteiger charge is -2.21. The molecule has 1 amide bonds. The Morgan fingerprint density at radius 3 is 2.39 bits per heavy atom. The highest BCUT2D eigenvalue weighted by Crippen LogP contribution is 2.17. The Kier molecular flexibility index (Phi) is 7.69. The topological polar surface area (TPSA) is 92.5 Å². The smallest absolute Gasteiger partial charge is 0.251 e. The van der Waals surface area contributed by atoms with Crippen LogP contribution in [0.15, 0.2) is 29.2 Å². The minimum Gasteiger partial charge on any atom is -0.350 e. The molecule has 0 spiro atoms. The molecule has 0 heterocycles. The molecule has 132 valence electrons. The average Bonchev–Trinajstić information content (AvgIpc) is 2.43. The summed E-state index contributed by atoms with van der Waals surface area (Å²) in [4.78, 5) is 12.2. The minimum atomic E-state index is -3.61. The summed E-state index contributed by atoms with van der Waals surface area (Å²) in [6.45, 7) is 7.47. The number of hydrogen-bond donors (Lipinski definition) is 2. The lowest BCUT2D eigenvalue weighted by atomic mass is 10.1. The summed E-state index contributed by atoms with van der Waals surface area (Å²) in [6, 6.07) is 5.84. The molecule has 0 fully saturated rings. The number of halogens is 1. The fourth-order valence-corrected chi connectivity index (χ4v) is 3.07. The number of hydrogen-bond acceptors (Lipinski definition) is 4. The van der Waals surface area contributed by atoms with Gasteiger partial charge in [0.25, 0.3) is 5.91 Å². The summed E-state index contributed by atoms with van der Waals surface area (Å²) < 4.78 is 26.2. The van der Waals surface area contributed by atoms with Gasteiger partial charge in [0.1, 0.15) is 0 Å². The van der Waals surface area contributed by atoms with Gasteiger partial charge >= 0.3 is 0 Å². The summed E-state index contributed by atoms with van der Waals surface area (Å²) in [5.41, 5.74) is 5.58. The van der Waals surface area contributed by atoms with Crippen molar-refractivity contribution in [1.29, 1.82) is 0 Å². The van der Waals surface area contributed by atoms with Crippen LogP contribution in [0.1, 0.15) is 38.1 Å². The van der Waals surface area contributed by atoms with E-state index in [4.69, 9.17) is 5.73 Å². The molecule has 6 nitrogen and oxygen atoms in total. The molecule has 1 rings (SSSR count). The first-order chi connectivity index (χ1) is 9.95. The number of benzene rings is 1. The molecule has 0 bridgehead atoms. The lowest BCUT2D eigenvalue weighted by molar-refractivity contribution is 0.0946. The van der Waals surface area contributed by atoms with Crippen LogP contribution < -0.4 is 11.1 Å². The highest BCUT2D eigenvalue weighted by Gasteiger charge is 2.24. The second kappa shape index (κ2) is 8.10. The van der Waals surface area contributed by atoms with Gasteiger partial charge in [-0.05, 0) is 45.9 Å². The van der Waals surface area contributed by atoms with Crippen LogP contribution in [0, 0.1) is 0 Å². The van der Waals surface area contributed by atoms with Crippen LogP contribution in [-0.4, -0.2) is 43.8 Å². The van der Waals surface area contributed by atoms with Crippen LogP contribution in [0.4, 0.5) is 0 Å². The van der Waals surface area contributed by atoms with Crippen molar-refractivity contribution >= 4 is 28.3 Å². The van der Waals surface area contributed by atoms with E-state index in [9.17, 15) is 13.2 Å². The lowest BCUT2D eigenvalue weighted by Crippen LogP contribution is -2.45. The number of carbonyl (C=O) groups excluding carboxylic acids is 1. The van der Waals surface area contributed by atoms with Crippen molar-refractivity contribution in [2.45, 2.75) is 44.2 Å². The summed E-state index contributed by atoms with van der Waals surface area (Å²) in [5.74, 6) is -0.345. The molecule has 0 aromatic heterocycles. The minimum absolute atomic E-state index is 0. The number of nitrogens with zero attached hydrogens (tertiary/aromatic N) is 1. The molecular formula is C15H26ClN3O3S. The van der Waals surface area contributed by atoms with E-state index in [-0.39, 0.29) is 29.3 Å². The third-order valence-electron chi connectivity index (χ3n) is 3.20. The van der Waals surface area contributed by atoms with Crippen molar-refractivity contribution in [2.24, 2.45) is 5.73 Å². The number of sulfonamides is 1. The predicted octanol–water partition coefficient (Wildman–Crippen LogP) is 1.60. The zero-order valence-electron chi connectivity index (χ0n) is 14.2. The molecule has 0 aliphatic rings. The zero-order valence-corrected chi connectivity index (χ0v) is 15.8. The Labute approximate surface area is 144 Å². The van der Waals surface area contributed by atoms with Gasteiger partial charge in [-0.15, -0.1) is 12.4 Å². The summed E-state index contributed by atoms with van der Waals surface area (Å²) >= 11 is 0. The molecule has 8 heteroatoms. The van der Waals surface area contributed by atoms with Gasteiger partial charge in [0.05, 0.1) is 4.90 Å². The molecule has 1 aromatic carbocycles. The first-order valence-electron chi connectivity index (χ1n) is 7.10. The second-order valence-electron chi connectivity index (χ2n) is 6.31. The van der Waals surface area contributed by atoms with E-state index in [0.717, 1.165) is 0 Å². The Morgan fingerprint density at radius 1 is 1.35 bits per heavy atom. The fourth-order valence-electron chi connectivity index (χ4n) is 1.65. The number of nitrogens with two attached hydrogens (primary N) is 1. The van der Waals surface area contributed by atoms with Crippen LogP contribution in [0.5, 0.6) is 0 Å². The molecule has 0 radical (unpaired) electrons. The van der Waals surface area contributed by atoms with E-state index in [1.165, 1.54) is 23.5 Å². The number of rotatable bonds is 6. The summed E-state index contributed by atoms with van der Waals surface area (Å²) in [5, 5.41) is 2.70. The molecule has 0 saturated carbocycles. The molecule has 0 saturated heterocycles. The molecular weight excluding hydrogens is 338 g/mol. The number of nitrogens with one attached hydrogen (secondary N) is 1. The van der Waals surface area contributed by atoms with Gasteiger partial charge in [0.2, 0.25) is 10.0 Å². The molecule has 0 aliphatic heterocycles. The van der Waals surface area contributed by atoms with Gasteiger partial charge in [-0.2, -0.15) is 4.31 Å². The van der Waals surface area contributed by atoms with E-state index in [2.05, 4.69) is 5.32 Å². The molecule has 0 aliphatic carbocycles. The van der Waals surface area contributed by atoms with Crippen molar-refractivity contribution in [3.63, 3.8) is 0 Å². The van der Waals surface area contributed by atoms with Gasteiger partial charge in [0.15, 0.2) is 0 Å². The SMILES string of the molecule is CC(C)N(C)S(=O)(=O)c1cccc(C(=O)NCC(C)(C)N)c1.Cl. The van der Waals surface area contributed by atoms with Gasteiger partial charge in [-0.25, -0.2) is 8.42 Å².